The van der Waals surface area contributed by atoms with Crippen molar-refractivity contribution in [3.63, 3.8) is 0 Å². The van der Waals surface area contributed by atoms with Gasteiger partial charge in [0, 0.05) is 5.56 Å². The first-order valence-corrected chi connectivity index (χ1v) is 7.53. The largest absolute Gasteiger partial charge is 0.115 e. The molecule has 2 aromatic carbocycles. The van der Waals surface area contributed by atoms with Crippen LogP contribution >= 0.6 is 0 Å². The van der Waals surface area contributed by atoms with Crippen LogP contribution in [-0.2, 0) is 0 Å². The third-order valence-electron chi connectivity index (χ3n) is 3.96. The summed E-state index contributed by atoms with van der Waals surface area (Å²) in [4.78, 5) is 0. The average molecular weight is 282 g/mol. The van der Waals surface area contributed by atoms with Crippen molar-refractivity contribution in [3.05, 3.63) is 95.1 Å². The zero-order valence-electron chi connectivity index (χ0n) is 12.7. The summed E-state index contributed by atoms with van der Waals surface area (Å²) in [5, 5.41) is 0. The highest BCUT2D eigenvalue weighted by Gasteiger charge is 2.12. The SMILES string of the molecule is C#Cc1ccc(/C2=C/C/C=C\C(=C/C)c3ccccc32)cc1. The molecule has 0 radical (unpaired) electrons. The van der Waals surface area contributed by atoms with E-state index < -0.39 is 0 Å². The fraction of sp³-hybridized carbons (Fsp3) is 0.0909. The van der Waals surface area contributed by atoms with Crippen LogP contribution in [0.3, 0.4) is 0 Å². The summed E-state index contributed by atoms with van der Waals surface area (Å²) in [5.74, 6) is 2.68. The standard InChI is InChI=1S/C22H18/c1-3-17-13-15-19(16-14-17)21-11-6-5-9-18(4-2)20-10-7-8-12-22(20)21/h1,4-5,7-16H,6H2,2H3/b9-5-,18-4+,21-11-. The van der Waals surface area contributed by atoms with Crippen LogP contribution in [0.25, 0.3) is 11.1 Å². The van der Waals surface area contributed by atoms with E-state index in [9.17, 15) is 0 Å². The molecule has 0 nitrogen and oxygen atoms in total. The van der Waals surface area contributed by atoms with Gasteiger partial charge in [-0.05, 0) is 53.3 Å². The van der Waals surface area contributed by atoms with Crippen LogP contribution in [0.2, 0.25) is 0 Å². The van der Waals surface area contributed by atoms with Gasteiger partial charge in [-0.1, -0.05) is 66.6 Å². The Morgan fingerprint density at radius 3 is 2.41 bits per heavy atom. The molecule has 0 bridgehead atoms. The smallest absolute Gasteiger partial charge is 0.0243 e. The minimum absolute atomic E-state index is 0.914. The van der Waals surface area contributed by atoms with Gasteiger partial charge in [-0.3, -0.25) is 0 Å². The summed E-state index contributed by atoms with van der Waals surface area (Å²) < 4.78 is 0. The van der Waals surface area contributed by atoms with Gasteiger partial charge in [0.25, 0.3) is 0 Å². The van der Waals surface area contributed by atoms with Gasteiger partial charge in [0.1, 0.15) is 0 Å². The van der Waals surface area contributed by atoms with E-state index in [0.717, 1.165) is 12.0 Å². The molecule has 0 amide bonds. The van der Waals surface area contributed by atoms with E-state index in [1.54, 1.807) is 0 Å². The lowest BCUT2D eigenvalue weighted by Crippen LogP contribution is -1.96. The molecule has 0 spiro atoms. The van der Waals surface area contributed by atoms with Crippen molar-refractivity contribution >= 4 is 11.1 Å². The molecule has 0 saturated carbocycles. The van der Waals surface area contributed by atoms with Gasteiger partial charge in [0.2, 0.25) is 0 Å². The molecule has 0 heterocycles. The van der Waals surface area contributed by atoms with E-state index in [0.29, 0.717) is 0 Å². The lowest BCUT2D eigenvalue weighted by molar-refractivity contribution is 1.36. The second kappa shape index (κ2) is 6.33. The maximum absolute atomic E-state index is 5.46. The van der Waals surface area contributed by atoms with E-state index in [2.05, 4.69) is 73.5 Å². The highest BCUT2D eigenvalue weighted by atomic mass is 14.2. The normalized spacial score (nSPS) is 19.3. The van der Waals surface area contributed by atoms with Gasteiger partial charge in [0.15, 0.2) is 0 Å². The quantitative estimate of drug-likeness (QED) is 0.609. The van der Waals surface area contributed by atoms with Gasteiger partial charge in [-0.2, -0.15) is 0 Å². The highest BCUT2D eigenvalue weighted by molar-refractivity contribution is 5.90. The summed E-state index contributed by atoms with van der Waals surface area (Å²) in [5.41, 5.74) is 7.20. The number of fused-ring (bicyclic) bond motifs is 1. The molecule has 0 aromatic heterocycles. The molecule has 2 aromatic rings. The molecule has 1 aliphatic rings. The predicted octanol–water partition coefficient (Wildman–Crippen LogP) is 5.46. The second-order valence-electron chi connectivity index (χ2n) is 5.27. The molecule has 0 fully saturated rings. The third-order valence-corrected chi connectivity index (χ3v) is 3.96. The molecule has 106 valence electrons. The fourth-order valence-corrected chi connectivity index (χ4v) is 2.82. The summed E-state index contributed by atoms with van der Waals surface area (Å²) in [7, 11) is 0. The number of benzene rings is 2. The monoisotopic (exact) mass is 282 g/mol. The van der Waals surface area contributed by atoms with Crippen LogP contribution in [0.15, 0.2) is 72.8 Å². The molecule has 22 heavy (non-hydrogen) atoms. The molecule has 0 N–H and O–H groups in total. The van der Waals surface area contributed by atoms with Gasteiger partial charge < -0.3 is 0 Å². The molecule has 0 saturated heterocycles. The summed E-state index contributed by atoms with van der Waals surface area (Å²) >= 11 is 0. The van der Waals surface area contributed by atoms with Crippen LogP contribution in [0.1, 0.15) is 35.6 Å². The Morgan fingerprint density at radius 1 is 1.00 bits per heavy atom. The maximum Gasteiger partial charge on any atom is 0.0243 e. The Kier molecular flexibility index (Phi) is 4.08. The molecule has 3 rings (SSSR count). The van der Waals surface area contributed by atoms with Crippen LogP contribution < -0.4 is 0 Å². The van der Waals surface area contributed by atoms with Crippen molar-refractivity contribution in [2.24, 2.45) is 0 Å². The second-order valence-corrected chi connectivity index (χ2v) is 5.27. The first-order valence-electron chi connectivity index (χ1n) is 7.53. The van der Waals surface area contributed by atoms with Gasteiger partial charge in [0.05, 0.1) is 0 Å². The van der Waals surface area contributed by atoms with Crippen molar-refractivity contribution in [1.82, 2.24) is 0 Å². The maximum atomic E-state index is 5.46. The zero-order valence-corrected chi connectivity index (χ0v) is 12.7. The Morgan fingerprint density at radius 2 is 1.73 bits per heavy atom. The van der Waals surface area contributed by atoms with E-state index >= 15 is 0 Å². The van der Waals surface area contributed by atoms with E-state index in [1.807, 2.05) is 12.1 Å². The number of hydrogen-bond donors (Lipinski definition) is 0. The van der Waals surface area contributed by atoms with Gasteiger partial charge in [-0.25, -0.2) is 0 Å². The van der Waals surface area contributed by atoms with Crippen LogP contribution in [0.5, 0.6) is 0 Å². The van der Waals surface area contributed by atoms with E-state index in [-0.39, 0.29) is 0 Å². The van der Waals surface area contributed by atoms with Crippen molar-refractivity contribution in [2.75, 3.05) is 0 Å². The Labute approximate surface area is 132 Å². The van der Waals surface area contributed by atoms with Gasteiger partial charge in [-0.15, -0.1) is 6.42 Å². The van der Waals surface area contributed by atoms with Crippen molar-refractivity contribution in [2.45, 2.75) is 13.3 Å². The fourth-order valence-electron chi connectivity index (χ4n) is 2.82. The number of terminal acetylenes is 1. The number of rotatable bonds is 1. The molecule has 0 atom stereocenters. The zero-order chi connectivity index (χ0) is 15.4. The first kappa shape index (κ1) is 14.2. The van der Waals surface area contributed by atoms with E-state index in [4.69, 9.17) is 6.42 Å². The first-order chi connectivity index (χ1) is 10.8. The summed E-state index contributed by atoms with van der Waals surface area (Å²) in [6, 6.07) is 16.8. The molecule has 0 heteroatoms. The van der Waals surface area contributed by atoms with E-state index in [1.165, 1.54) is 27.8 Å². The van der Waals surface area contributed by atoms with Crippen molar-refractivity contribution in [3.8, 4) is 12.3 Å². The topological polar surface area (TPSA) is 0 Å². The van der Waals surface area contributed by atoms with Crippen LogP contribution in [0.4, 0.5) is 0 Å². The third kappa shape index (κ3) is 2.67. The van der Waals surface area contributed by atoms with Crippen molar-refractivity contribution < 1.29 is 0 Å². The molecule has 0 unspecified atom stereocenters. The van der Waals surface area contributed by atoms with Gasteiger partial charge >= 0.3 is 0 Å². The number of allylic oxidation sites excluding steroid dienone is 5. The summed E-state index contributed by atoms with van der Waals surface area (Å²) in [6.07, 6.45) is 15.2. The lowest BCUT2D eigenvalue weighted by Gasteiger charge is -2.16. The van der Waals surface area contributed by atoms with Crippen molar-refractivity contribution in [1.29, 1.82) is 0 Å². The Balaban J connectivity index is 2.17. The Hall–Kier alpha value is -2.78. The average Bonchev–Trinajstić information content (AvgIpc) is 2.56. The Bertz CT molecular complexity index is 806. The van der Waals surface area contributed by atoms with Crippen LogP contribution in [0, 0.1) is 12.3 Å². The minimum Gasteiger partial charge on any atom is -0.115 e. The molecule has 0 aliphatic heterocycles. The number of hydrogen-bond acceptors (Lipinski definition) is 0. The molecular formula is C22H18. The molecular weight excluding hydrogens is 264 g/mol. The summed E-state index contributed by atoms with van der Waals surface area (Å²) in [6.45, 7) is 2.09. The highest BCUT2D eigenvalue weighted by Crippen LogP contribution is 2.33. The predicted molar refractivity (Wildman–Crippen MR) is 95.3 cm³/mol. The minimum atomic E-state index is 0.914. The lowest BCUT2D eigenvalue weighted by atomic mass is 9.88. The van der Waals surface area contributed by atoms with Crippen LogP contribution in [-0.4, -0.2) is 0 Å². The molecule has 1 aliphatic carbocycles.